The van der Waals surface area contributed by atoms with E-state index in [0.717, 1.165) is 25.1 Å². The molecule has 1 aromatic heterocycles. The molecule has 0 amide bonds. The van der Waals surface area contributed by atoms with Crippen LogP contribution in [-0.4, -0.2) is 11.0 Å². The molecular weight excluding hydrogens is 186 g/mol. The minimum atomic E-state index is -0.656. The first-order chi connectivity index (χ1) is 6.63. The van der Waals surface area contributed by atoms with Gasteiger partial charge in [0.25, 0.3) is 0 Å². The van der Waals surface area contributed by atoms with Crippen molar-refractivity contribution in [1.29, 1.82) is 0 Å². The Bertz CT molecular complexity index is 302. The second-order valence-corrected chi connectivity index (χ2v) is 3.32. The molecule has 0 saturated heterocycles. The number of halogens is 2. The lowest BCUT2D eigenvalue weighted by Gasteiger charge is -2.13. The molecule has 0 radical (unpaired) electrons. The van der Waals surface area contributed by atoms with Crippen LogP contribution in [0, 0.1) is 11.6 Å². The van der Waals surface area contributed by atoms with Crippen molar-refractivity contribution in [2.24, 2.45) is 0 Å². The van der Waals surface area contributed by atoms with Crippen molar-refractivity contribution in [3.05, 3.63) is 23.9 Å². The molecule has 0 aromatic carbocycles. The minimum absolute atomic E-state index is 0.118. The molecule has 1 aromatic rings. The Morgan fingerprint density at radius 2 is 2.21 bits per heavy atom. The lowest BCUT2D eigenvalue weighted by atomic mass is 10.2. The zero-order chi connectivity index (χ0) is 10.6. The van der Waals surface area contributed by atoms with E-state index in [-0.39, 0.29) is 11.9 Å². The maximum atomic E-state index is 13.1. The van der Waals surface area contributed by atoms with Crippen molar-refractivity contribution in [2.75, 3.05) is 5.32 Å². The summed E-state index contributed by atoms with van der Waals surface area (Å²) in [5, 5.41) is 2.89. The monoisotopic (exact) mass is 200 g/mol. The molecule has 1 heterocycles. The van der Waals surface area contributed by atoms with Crippen LogP contribution in [0.4, 0.5) is 14.6 Å². The third-order valence-corrected chi connectivity index (χ3v) is 1.91. The number of aromatic nitrogens is 1. The summed E-state index contributed by atoms with van der Waals surface area (Å²) in [6.45, 7) is 3.99. The van der Waals surface area contributed by atoms with Gasteiger partial charge in [0.1, 0.15) is 5.82 Å². The molecule has 0 aliphatic rings. The second kappa shape index (κ2) is 4.88. The number of hydrogen-bond acceptors (Lipinski definition) is 2. The van der Waals surface area contributed by atoms with Gasteiger partial charge in [-0.15, -0.1) is 0 Å². The fourth-order valence-electron chi connectivity index (χ4n) is 1.26. The highest BCUT2D eigenvalue weighted by atomic mass is 19.1. The van der Waals surface area contributed by atoms with Gasteiger partial charge in [0.2, 0.25) is 0 Å². The second-order valence-electron chi connectivity index (χ2n) is 3.32. The number of hydrogen-bond donors (Lipinski definition) is 1. The number of anilines is 1. The van der Waals surface area contributed by atoms with Gasteiger partial charge < -0.3 is 5.32 Å². The van der Waals surface area contributed by atoms with E-state index in [0.29, 0.717) is 0 Å². The minimum Gasteiger partial charge on any atom is -0.365 e. The summed E-state index contributed by atoms with van der Waals surface area (Å²) in [5.41, 5.74) is 0. The molecule has 0 bridgehead atoms. The number of rotatable bonds is 4. The number of pyridine rings is 1. The van der Waals surface area contributed by atoms with E-state index in [2.05, 4.69) is 10.3 Å². The lowest BCUT2D eigenvalue weighted by Crippen LogP contribution is -2.16. The molecule has 0 saturated carbocycles. The Balaban J connectivity index is 2.67. The highest BCUT2D eigenvalue weighted by Crippen LogP contribution is 2.13. The third-order valence-electron chi connectivity index (χ3n) is 1.91. The molecule has 0 aliphatic carbocycles. The Morgan fingerprint density at radius 1 is 1.50 bits per heavy atom. The molecule has 0 spiro atoms. The average Bonchev–Trinajstić information content (AvgIpc) is 2.10. The smallest absolute Gasteiger partial charge is 0.168 e. The molecule has 0 aliphatic heterocycles. The molecule has 4 heteroatoms. The normalized spacial score (nSPS) is 12.6. The van der Waals surface area contributed by atoms with Gasteiger partial charge in [-0.2, -0.15) is 0 Å². The fourth-order valence-corrected chi connectivity index (χ4v) is 1.26. The standard InChI is InChI=1S/C10H14F2N2/c1-3-4-7(2)14-10-9(12)5-8(11)6-13-10/h5-7H,3-4H2,1-2H3,(H,13,14). The molecule has 78 valence electrons. The van der Waals surface area contributed by atoms with E-state index in [1.54, 1.807) is 0 Å². The van der Waals surface area contributed by atoms with Crippen LogP contribution in [0.5, 0.6) is 0 Å². The van der Waals surface area contributed by atoms with Gasteiger partial charge in [-0.05, 0) is 13.3 Å². The van der Waals surface area contributed by atoms with Crippen molar-refractivity contribution >= 4 is 5.82 Å². The zero-order valence-corrected chi connectivity index (χ0v) is 8.35. The van der Waals surface area contributed by atoms with Gasteiger partial charge in [0, 0.05) is 12.1 Å². The molecule has 0 fully saturated rings. The van der Waals surface area contributed by atoms with E-state index >= 15 is 0 Å². The van der Waals surface area contributed by atoms with E-state index < -0.39 is 11.6 Å². The maximum absolute atomic E-state index is 13.1. The Morgan fingerprint density at radius 3 is 2.79 bits per heavy atom. The number of nitrogens with zero attached hydrogens (tertiary/aromatic N) is 1. The lowest BCUT2D eigenvalue weighted by molar-refractivity contribution is 0.571. The van der Waals surface area contributed by atoms with Gasteiger partial charge in [-0.25, -0.2) is 13.8 Å². The van der Waals surface area contributed by atoms with Crippen LogP contribution in [0.25, 0.3) is 0 Å². The molecule has 2 nitrogen and oxygen atoms in total. The Kier molecular flexibility index (Phi) is 3.80. The zero-order valence-electron chi connectivity index (χ0n) is 8.35. The van der Waals surface area contributed by atoms with Crippen LogP contribution in [0.3, 0.4) is 0 Å². The van der Waals surface area contributed by atoms with Crippen molar-refractivity contribution < 1.29 is 8.78 Å². The topological polar surface area (TPSA) is 24.9 Å². The predicted molar refractivity (Wildman–Crippen MR) is 52.1 cm³/mol. The fraction of sp³-hybridized carbons (Fsp3) is 0.500. The quantitative estimate of drug-likeness (QED) is 0.808. The van der Waals surface area contributed by atoms with E-state index in [1.807, 2.05) is 13.8 Å². The van der Waals surface area contributed by atoms with Gasteiger partial charge in [0.05, 0.1) is 6.20 Å². The van der Waals surface area contributed by atoms with Crippen molar-refractivity contribution in [1.82, 2.24) is 4.98 Å². The highest BCUT2D eigenvalue weighted by Gasteiger charge is 2.07. The van der Waals surface area contributed by atoms with Crippen LogP contribution < -0.4 is 5.32 Å². The van der Waals surface area contributed by atoms with Crippen molar-refractivity contribution in [2.45, 2.75) is 32.7 Å². The largest absolute Gasteiger partial charge is 0.365 e. The van der Waals surface area contributed by atoms with Crippen LogP contribution in [0.1, 0.15) is 26.7 Å². The van der Waals surface area contributed by atoms with E-state index in [1.165, 1.54) is 0 Å². The first-order valence-corrected chi connectivity index (χ1v) is 4.71. The molecular formula is C10H14F2N2. The molecule has 1 N–H and O–H groups in total. The third kappa shape index (κ3) is 2.94. The van der Waals surface area contributed by atoms with Crippen LogP contribution in [0.15, 0.2) is 12.3 Å². The van der Waals surface area contributed by atoms with Gasteiger partial charge >= 0.3 is 0 Å². The molecule has 1 atom stereocenters. The van der Waals surface area contributed by atoms with Crippen LogP contribution in [-0.2, 0) is 0 Å². The molecule has 1 rings (SSSR count). The van der Waals surface area contributed by atoms with Crippen molar-refractivity contribution in [3.63, 3.8) is 0 Å². The summed E-state index contributed by atoms with van der Waals surface area (Å²) in [7, 11) is 0. The molecule has 1 unspecified atom stereocenters. The molecule has 14 heavy (non-hydrogen) atoms. The number of nitrogens with one attached hydrogen (secondary N) is 1. The summed E-state index contributed by atoms with van der Waals surface area (Å²) in [5.74, 6) is -1.18. The summed E-state index contributed by atoms with van der Waals surface area (Å²) < 4.78 is 25.6. The van der Waals surface area contributed by atoms with E-state index in [9.17, 15) is 8.78 Å². The van der Waals surface area contributed by atoms with Gasteiger partial charge in [-0.1, -0.05) is 13.3 Å². The van der Waals surface area contributed by atoms with Crippen molar-refractivity contribution in [3.8, 4) is 0 Å². The summed E-state index contributed by atoms with van der Waals surface area (Å²) in [6.07, 6.45) is 2.94. The average molecular weight is 200 g/mol. The maximum Gasteiger partial charge on any atom is 0.168 e. The summed E-state index contributed by atoms with van der Waals surface area (Å²) in [4.78, 5) is 3.64. The first kappa shape index (κ1) is 10.9. The van der Waals surface area contributed by atoms with Crippen LogP contribution in [0.2, 0.25) is 0 Å². The predicted octanol–water partition coefficient (Wildman–Crippen LogP) is 2.96. The SMILES string of the molecule is CCCC(C)Nc1ncc(F)cc1F. The van der Waals surface area contributed by atoms with Crippen LogP contribution >= 0.6 is 0 Å². The Labute approximate surface area is 82.4 Å². The van der Waals surface area contributed by atoms with E-state index in [4.69, 9.17) is 0 Å². The van der Waals surface area contributed by atoms with Gasteiger partial charge in [-0.3, -0.25) is 0 Å². The summed E-state index contributed by atoms with van der Waals surface area (Å²) in [6, 6.07) is 0.973. The first-order valence-electron chi connectivity index (χ1n) is 4.71. The summed E-state index contributed by atoms with van der Waals surface area (Å²) >= 11 is 0. The Hall–Kier alpha value is -1.19. The highest BCUT2D eigenvalue weighted by molar-refractivity contribution is 5.36. The van der Waals surface area contributed by atoms with Gasteiger partial charge in [0.15, 0.2) is 11.6 Å².